The summed E-state index contributed by atoms with van der Waals surface area (Å²) in [7, 11) is -1.68. The molecule has 21 heavy (non-hydrogen) atoms. The number of rotatable bonds is 8. The minimum atomic E-state index is -3.52. The summed E-state index contributed by atoms with van der Waals surface area (Å²) < 4.78 is 28.5. The number of aryl methyl sites for hydroxylation is 1. The van der Waals surface area contributed by atoms with E-state index >= 15 is 0 Å². The average molecular weight is 395 g/mol. The zero-order chi connectivity index (χ0) is 16.0. The minimum absolute atomic E-state index is 0.0971. The van der Waals surface area contributed by atoms with Crippen molar-refractivity contribution in [3.05, 3.63) is 27.7 Å². The van der Waals surface area contributed by atoms with Crippen LogP contribution in [0.2, 0.25) is 0 Å². The van der Waals surface area contributed by atoms with Crippen LogP contribution < -0.4 is 10.0 Å². The van der Waals surface area contributed by atoms with Crippen LogP contribution in [-0.2, 0) is 16.6 Å². The molecule has 0 heterocycles. The predicted molar refractivity (Wildman–Crippen MR) is 94.4 cm³/mol. The van der Waals surface area contributed by atoms with Crippen LogP contribution in [0.3, 0.4) is 0 Å². The van der Waals surface area contributed by atoms with Crippen molar-refractivity contribution in [3.63, 3.8) is 0 Å². The van der Waals surface area contributed by atoms with Crippen molar-refractivity contribution in [2.45, 2.75) is 38.3 Å². The maximum atomic E-state index is 12.6. The van der Waals surface area contributed by atoms with Crippen molar-refractivity contribution in [2.24, 2.45) is 0 Å². The summed E-state index contributed by atoms with van der Waals surface area (Å²) in [6.07, 6.45) is 0. The third-order valence-corrected chi connectivity index (χ3v) is 6.95. The van der Waals surface area contributed by atoms with E-state index in [0.717, 1.165) is 22.6 Å². The summed E-state index contributed by atoms with van der Waals surface area (Å²) >= 11 is 5.12. The highest BCUT2D eigenvalue weighted by atomic mass is 79.9. The molecule has 0 aliphatic carbocycles. The Balaban J connectivity index is 3.06. The van der Waals surface area contributed by atoms with Crippen molar-refractivity contribution in [1.82, 2.24) is 10.0 Å². The second-order valence-electron chi connectivity index (χ2n) is 4.94. The first kappa shape index (κ1) is 19.0. The molecule has 0 amide bonds. The van der Waals surface area contributed by atoms with Gasteiger partial charge in [0, 0.05) is 22.8 Å². The first-order chi connectivity index (χ1) is 9.81. The average Bonchev–Trinajstić information content (AvgIpc) is 2.40. The summed E-state index contributed by atoms with van der Waals surface area (Å²) in [6.45, 7) is 6.49. The van der Waals surface area contributed by atoms with E-state index in [1.807, 2.05) is 27.0 Å². The third kappa shape index (κ3) is 5.56. The van der Waals surface area contributed by atoms with E-state index in [4.69, 9.17) is 0 Å². The molecule has 7 heteroatoms. The monoisotopic (exact) mass is 394 g/mol. The van der Waals surface area contributed by atoms with Crippen LogP contribution in [0, 0.1) is 6.92 Å². The fraction of sp³-hybridized carbons (Fsp3) is 0.571. The van der Waals surface area contributed by atoms with Gasteiger partial charge in [-0.15, -0.1) is 0 Å². The Morgan fingerprint density at radius 1 is 1.38 bits per heavy atom. The van der Waals surface area contributed by atoms with Crippen molar-refractivity contribution in [3.8, 4) is 0 Å². The number of hydrogen-bond donors (Lipinski definition) is 2. The van der Waals surface area contributed by atoms with E-state index in [1.165, 1.54) is 0 Å². The molecule has 0 spiro atoms. The van der Waals surface area contributed by atoms with Gasteiger partial charge in [-0.05, 0) is 59.8 Å². The van der Waals surface area contributed by atoms with Gasteiger partial charge in [0.2, 0.25) is 10.0 Å². The van der Waals surface area contributed by atoms with Crippen LogP contribution in [0.15, 0.2) is 21.5 Å². The Morgan fingerprint density at radius 2 is 2.05 bits per heavy atom. The molecule has 1 unspecified atom stereocenters. The number of sulfonamides is 1. The second-order valence-corrected chi connectivity index (χ2v) is 8.73. The summed E-state index contributed by atoms with van der Waals surface area (Å²) in [4.78, 5) is 0.307. The van der Waals surface area contributed by atoms with Crippen LogP contribution in [0.5, 0.6) is 0 Å². The zero-order valence-electron chi connectivity index (χ0n) is 12.9. The van der Waals surface area contributed by atoms with Crippen LogP contribution >= 0.6 is 27.7 Å². The molecule has 120 valence electrons. The molecule has 0 saturated heterocycles. The van der Waals surface area contributed by atoms with Gasteiger partial charge in [0.05, 0.1) is 4.90 Å². The van der Waals surface area contributed by atoms with Crippen LogP contribution in [0.1, 0.15) is 25.0 Å². The van der Waals surface area contributed by atoms with Crippen LogP contribution in [0.25, 0.3) is 0 Å². The number of nitrogens with one attached hydrogen (secondary N) is 2. The number of benzene rings is 1. The van der Waals surface area contributed by atoms with E-state index in [2.05, 4.69) is 32.9 Å². The summed E-state index contributed by atoms with van der Waals surface area (Å²) in [6, 6.07) is 3.60. The van der Waals surface area contributed by atoms with Gasteiger partial charge >= 0.3 is 0 Å². The third-order valence-electron chi connectivity index (χ3n) is 2.88. The fourth-order valence-corrected chi connectivity index (χ4v) is 5.06. The van der Waals surface area contributed by atoms with E-state index in [-0.39, 0.29) is 6.04 Å². The molecule has 1 aromatic rings. The second kappa shape index (κ2) is 8.53. The van der Waals surface area contributed by atoms with Gasteiger partial charge < -0.3 is 5.32 Å². The standard InChI is InChI=1S/C14H23BrN2O2S2/c1-5-20-9-11(3)17-21(18,19)13-7-12(8-16-4)6-10(2)14(13)15/h6-7,11,16-17H,5,8-9H2,1-4H3. The summed E-state index contributed by atoms with van der Waals surface area (Å²) in [5.74, 6) is 1.75. The van der Waals surface area contributed by atoms with Gasteiger partial charge in [-0.3, -0.25) is 0 Å². The highest BCUT2D eigenvalue weighted by Gasteiger charge is 2.22. The molecule has 0 radical (unpaired) electrons. The number of halogens is 1. The van der Waals surface area contributed by atoms with Gasteiger partial charge in [0.25, 0.3) is 0 Å². The van der Waals surface area contributed by atoms with Gasteiger partial charge in [0.1, 0.15) is 0 Å². The first-order valence-corrected chi connectivity index (χ1v) is 10.3. The van der Waals surface area contributed by atoms with E-state index in [0.29, 0.717) is 15.9 Å². The summed E-state index contributed by atoms with van der Waals surface area (Å²) in [5.41, 5.74) is 1.87. The Kier molecular flexibility index (Phi) is 7.70. The molecular formula is C14H23BrN2O2S2. The Labute approximate surface area is 140 Å². The molecule has 4 nitrogen and oxygen atoms in total. The van der Waals surface area contributed by atoms with Crippen molar-refractivity contribution >= 4 is 37.7 Å². The lowest BCUT2D eigenvalue weighted by molar-refractivity contribution is 0.570. The van der Waals surface area contributed by atoms with Crippen molar-refractivity contribution < 1.29 is 8.42 Å². The highest BCUT2D eigenvalue weighted by Crippen LogP contribution is 2.27. The fourth-order valence-electron chi connectivity index (χ4n) is 1.97. The lowest BCUT2D eigenvalue weighted by atomic mass is 10.1. The molecule has 2 N–H and O–H groups in total. The largest absolute Gasteiger partial charge is 0.316 e. The van der Waals surface area contributed by atoms with Gasteiger partial charge in [-0.25, -0.2) is 13.1 Å². The Hall–Kier alpha value is -0.0800. The SMILES string of the molecule is CCSCC(C)NS(=O)(=O)c1cc(CNC)cc(C)c1Br. The van der Waals surface area contributed by atoms with E-state index in [1.54, 1.807) is 17.8 Å². The molecule has 0 aliphatic rings. The van der Waals surface area contributed by atoms with Gasteiger partial charge in [0.15, 0.2) is 0 Å². The van der Waals surface area contributed by atoms with Gasteiger partial charge in [-0.1, -0.05) is 13.0 Å². The van der Waals surface area contributed by atoms with E-state index in [9.17, 15) is 8.42 Å². The topological polar surface area (TPSA) is 58.2 Å². The molecule has 1 atom stereocenters. The quantitative estimate of drug-likeness (QED) is 0.711. The normalized spacial score (nSPS) is 13.4. The lowest BCUT2D eigenvalue weighted by Gasteiger charge is -2.16. The Bertz CT molecular complexity index is 577. The maximum absolute atomic E-state index is 12.6. The molecule has 0 fully saturated rings. The predicted octanol–water partition coefficient (Wildman–Crippen LogP) is 2.90. The minimum Gasteiger partial charge on any atom is -0.316 e. The molecular weight excluding hydrogens is 372 g/mol. The smallest absolute Gasteiger partial charge is 0.241 e. The van der Waals surface area contributed by atoms with Crippen LogP contribution in [0.4, 0.5) is 0 Å². The van der Waals surface area contributed by atoms with Crippen LogP contribution in [-0.4, -0.2) is 33.0 Å². The Morgan fingerprint density at radius 3 is 2.62 bits per heavy atom. The lowest BCUT2D eigenvalue weighted by Crippen LogP contribution is -2.34. The maximum Gasteiger partial charge on any atom is 0.241 e. The number of hydrogen-bond acceptors (Lipinski definition) is 4. The molecule has 1 rings (SSSR count). The zero-order valence-corrected chi connectivity index (χ0v) is 16.1. The molecule has 0 aromatic heterocycles. The number of thioether (sulfide) groups is 1. The van der Waals surface area contributed by atoms with Crippen molar-refractivity contribution in [1.29, 1.82) is 0 Å². The summed E-state index contributed by atoms with van der Waals surface area (Å²) in [5, 5.41) is 3.04. The highest BCUT2D eigenvalue weighted by molar-refractivity contribution is 9.10. The molecule has 0 saturated carbocycles. The van der Waals surface area contributed by atoms with Gasteiger partial charge in [-0.2, -0.15) is 11.8 Å². The first-order valence-electron chi connectivity index (χ1n) is 6.85. The molecule has 1 aromatic carbocycles. The molecule has 0 aliphatic heterocycles. The molecule has 0 bridgehead atoms. The van der Waals surface area contributed by atoms with E-state index < -0.39 is 10.0 Å². The van der Waals surface area contributed by atoms with Crippen molar-refractivity contribution in [2.75, 3.05) is 18.6 Å².